The quantitative estimate of drug-likeness (QED) is 0.613. The number of amides is 1. The maximum atomic E-state index is 12.9. The van der Waals surface area contributed by atoms with Crippen LogP contribution in [0.1, 0.15) is 28.8 Å². The molecular formula is C24H24ClN3O2. The van der Waals surface area contributed by atoms with Crippen LogP contribution in [0.3, 0.4) is 0 Å². The lowest BCUT2D eigenvalue weighted by atomic mass is 10.0. The molecule has 3 aromatic rings. The Balaban J connectivity index is 1.32. The van der Waals surface area contributed by atoms with Crippen LogP contribution in [0.25, 0.3) is 0 Å². The number of pyridine rings is 1. The number of likely N-dealkylation sites (tertiary alicyclic amines) is 1. The Bertz CT molecular complexity index is 971. The average Bonchev–Trinajstić information content (AvgIpc) is 2.78. The van der Waals surface area contributed by atoms with Gasteiger partial charge in [0.1, 0.15) is 11.3 Å². The molecule has 0 bridgehead atoms. The third-order valence-electron chi connectivity index (χ3n) is 5.22. The SMILES string of the molecule is O=C(NC1CCN(Cc2ccc(Cl)cc2)CC1)c1cccnc1Oc1ccccc1. The summed E-state index contributed by atoms with van der Waals surface area (Å²) in [5.74, 6) is 0.826. The van der Waals surface area contributed by atoms with Crippen LogP contribution in [-0.4, -0.2) is 34.9 Å². The van der Waals surface area contributed by atoms with Gasteiger partial charge in [0.05, 0.1) is 0 Å². The van der Waals surface area contributed by atoms with E-state index < -0.39 is 0 Å². The highest BCUT2D eigenvalue weighted by Crippen LogP contribution is 2.23. The molecule has 1 fully saturated rings. The molecule has 154 valence electrons. The van der Waals surface area contributed by atoms with E-state index in [1.807, 2.05) is 42.5 Å². The molecule has 1 aromatic heterocycles. The molecule has 1 N–H and O–H groups in total. The van der Waals surface area contributed by atoms with Gasteiger partial charge >= 0.3 is 0 Å². The lowest BCUT2D eigenvalue weighted by Gasteiger charge is -2.32. The van der Waals surface area contributed by atoms with Crippen molar-refractivity contribution in [3.8, 4) is 11.6 Å². The number of benzene rings is 2. The summed E-state index contributed by atoms with van der Waals surface area (Å²) in [7, 11) is 0. The summed E-state index contributed by atoms with van der Waals surface area (Å²) in [5, 5.41) is 3.91. The highest BCUT2D eigenvalue weighted by Gasteiger charge is 2.23. The van der Waals surface area contributed by atoms with E-state index in [1.165, 1.54) is 5.56 Å². The van der Waals surface area contributed by atoms with E-state index in [0.717, 1.165) is 37.5 Å². The number of halogens is 1. The van der Waals surface area contributed by atoms with E-state index in [-0.39, 0.29) is 11.9 Å². The van der Waals surface area contributed by atoms with Crippen LogP contribution in [0, 0.1) is 0 Å². The zero-order valence-corrected chi connectivity index (χ0v) is 17.4. The Hall–Kier alpha value is -2.89. The van der Waals surface area contributed by atoms with Crippen molar-refractivity contribution in [3.63, 3.8) is 0 Å². The maximum Gasteiger partial charge on any atom is 0.257 e. The standard InChI is InChI=1S/C24H24ClN3O2/c25-19-10-8-18(9-11-19)17-28-15-12-20(13-16-28)27-23(29)22-7-4-14-26-24(22)30-21-5-2-1-3-6-21/h1-11,14,20H,12-13,15-17H2,(H,27,29). The van der Waals surface area contributed by atoms with Gasteiger partial charge in [0.15, 0.2) is 0 Å². The van der Waals surface area contributed by atoms with Crippen LogP contribution < -0.4 is 10.1 Å². The summed E-state index contributed by atoms with van der Waals surface area (Å²) in [5.41, 5.74) is 1.70. The number of carbonyl (C=O) groups is 1. The Morgan fingerprint density at radius 2 is 1.77 bits per heavy atom. The average molecular weight is 422 g/mol. The van der Waals surface area contributed by atoms with E-state index >= 15 is 0 Å². The molecule has 1 saturated heterocycles. The number of carbonyl (C=O) groups excluding carboxylic acids is 1. The van der Waals surface area contributed by atoms with Crippen molar-refractivity contribution in [2.75, 3.05) is 13.1 Å². The van der Waals surface area contributed by atoms with Crippen molar-refractivity contribution in [2.45, 2.75) is 25.4 Å². The Labute approximate surface area is 181 Å². The Morgan fingerprint density at radius 1 is 1.03 bits per heavy atom. The molecule has 1 amide bonds. The monoisotopic (exact) mass is 421 g/mol. The first-order valence-electron chi connectivity index (χ1n) is 10.1. The summed E-state index contributed by atoms with van der Waals surface area (Å²) < 4.78 is 5.82. The van der Waals surface area contributed by atoms with Crippen LogP contribution in [0.5, 0.6) is 11.6 Å². The van der Waals surface area contributed by atoms with Crippen molar-refractivity contribution >= 4 is 17.5 Å². The summed E-state index contributed by atoms with van der Waals surface area (Å²) in [6, 6.07) is 21.0. The first-order valence-corrected chi connectivity index (χ1v) is 10.5. The highest BCUT2D eigenvalue weighted by atomic mass is 35.5. The molecule has 0 aliphatic carbocycles. The van der Waals surface area contributed by atoms with Crippen LogP contribution in [-0.2, 0) is 6.54 Å². The molecule has 5 nitrogen and oxygen atoms in total. The molecule has 1 aliphatic rings. The number of nitrogens with one attached hydrogen (secondary N) is 1. The summed E-state index contributed by atoms with van der Waals surface area (Å²) >= 11 is 5.96. The highest BCUT2D eigenvalue weighted by molar-refractivity contribution is 6.30. The third kappa shape index (κ3) is 5.38. The minimum absolute atomic E-state index is 0.142. The van der Waals surface area contributed by atoms with E-state index in [0.29, 0.717) is 17.2 Å². The first kappa shape index (κ1) is 20.4. The zero-order valence-electron chi connectivity index (χ0n) is 16.6. The second kappa shape index (κ2) is 9.74. The van der Waals surface area contributed by atoms with Gasteiger partial charge in [-0.25, -0.2) is 4.98 Å². The lowest BCUT2D eigenvalue weighted by molar-refractivity contribution is 0.0906. The van der Waals surface area contributed by atoms with Gasteiger partial charge < -0.3 is 10.1 Å². The summed E-state index contributed by atoms with van der Waals surface area (Å²) in [4.78, 5) is 19.5. The second-order valence-electron chi connectivity index (χ2n) is 7.42. The number of aromatic nitrogens is 1. The number of ether oxygens (including phenoxy) is 1. The van der Waals surface area contributed by atoms with Gasteiger partial charge in [-0.2, -0.15) is 0 Å². The van der Waals surface area contributed by atoms with Crippen molar-refractivity contribution in [1.29, 1.82) is 0 Å². The number of rotatable bonds is 6. The van der Waals surface area contributed by atoms with Crippen LogP contribution in [0.2, 0.25) is 5.02 Å². The molecule has 0 saturated carbocycles. The summed E-state index contributed by atoms with van der Waals surface area (Å²) in [6.45, 7) is 2.78. The topological polar surface area (TPSA) is 54.5 Å². The van der Waals surface area contributed by atoms with Crippen LogP contribution in [0.4, 0.5) is 0 Å². The van der Waals surface area contributed by atoms with Gasteiger partial charge in [-0.1, -0.05) is 41.9 Å². The van der Waals surface area contributed by atoms with Gasteiger partial charge in [-0.15, -0.1) is 0 Å². The molecule has 6 heteroatoms. The molecule has 1 aliphatic heterocycles. The minimum atomic E-state index is -0.148. The van der Waals surface area contributed by atoms with Crippen molar-refractivity contribution in [3.05, 3.63) is 89.1 Å². The van der Waals surface area contributed by atoms with Crippen LogP contribution >= 0.6 is 11.6 Å². The third-order valence-corrected chi connectivity index (χ3v) is 5.47. The Morgan fingerprint density at radius 3 is 2.50 bits per heavy atom. The molecule has 0 atom stereocenters. The van der Waals surface area contributed by atoms with E-state index in [4.69, 9.17) is 16.3 Å². The molecular weight excluding hydrogens is 398 g/mol. The molecule has 0 radical (unpaired) electrons. The second-order valence-corrected chi connectivity index (χ2v) is 7.86. The fourth-order valence-electron chi connectivity index (χ4n) is 3.59. The zero-order chi connectivity index (χ0) is 20.8. The van der Waals surface area contributed by atoms with E-state index in [9.17, 15) is 4.79 Å². The van der Waals surface area contributed by atoms with Gasteiger partial charge in [-0.05, 0) is 54.8 Å². The fourth-order valence-corrected chi connectivity index (χ4v) is 3.72. The number of para-hydroxylation sites is 1. The Kier molecular flexibility index (Phi) is 6.62. The van der Waals surface area contributed by atoms with Crippen LogP contribution in [0.15, 0.2) is 72.9 Å². The molecule has 2 heterocycles. The number of nitrogens with zero attached hydrogens (tertiary/aromatic N) is 2. The predicted octanol–water partition coefficient (Wildman–Crippen LogP) is 4.92. The number of hydrogen-bond donors (Lipinski definition) is 1. The number of piperidine rings is 1. The fraction of sp³-hybridized carbons (Fsp3) is 0.250. The van der Waals surface area contributed by atoms with Gasteiger partial charge in [0, 0.05) is 36.9 Å². The van der Waals surface area contributed by atoms with Gasteiger partial charge in [0.2, 0.25) is 5.88 Å². The first-order chi connectivity index (χ1) is 14.7. The minimum Gasteiger partial charge on any atom is -0.438 e. The lowest BCUT2D eigenvalue weighted by Crippen LogP contribution is -2.44. The van der Waals surface area contributed by atoms with Gasteiger partial charge in [0.25, 0.3) is 5.91 Å². The normalized spacial score (nSPS) is 15.0. The molecule has 0 unspecified atom stereocenters. The van der Waals surface area contributed by atoms with Gasteiger partial charge in [-0.3, -0.25) is 9.69 Å². The molecule has 2 aromatic carbocycles. The van der Waals surface area contributed by atoms with Crippen molar-refractivity contribution < 1.29 is 9.53 Å². The molecule has 4 rings (SSSR count). The number of hydrogen-bond acceptors (Lipinski definition) is 4. The summed E-state index contributed by atoms with van der Waals surface area (Å²) in [6.07, 6.45) is 3.45. The maximum absolute atomic E-state index is 12.9. The van der Waals surface area contributed by atoms with E-state index in [1.54, 1.807) is 18.3 Å². The predicted molar refractivity (Wildman–Crippen MR) is 118 cm³/mol. The smallest absolute Gasteiger partial charge is 0.257 e. The van der Waals surface area contributed by atoms with E-state index in [2.05, 4.69) is 27.3 Å². The largest absolute Gasteiger partial charge is 0.438 e. The van der Waals surface area contributed by atoms with Crippen molar-refractivity contribution in [1.82, 2.24) is 15.2 Å². The van der Waals surface area contributed by atoms with Crippen molar-refractivity contribution in [2.24, 2.45) is 0 Å². The molecule has 30 heavy (non-hydrogen) atoms. The molecule has 0 spiro atoms.